The summed E-state index contributed by atoms with van der Waals surface area (Å²) >= 11 is 1.61. The lowest BCUT2D eigenvalue weighted by Gasteiger charge is -1.96. The molecule has 0 aromatic carbocycles. The third-order valence-electron chi connectivity index (χ3n) is 2.15. The lowest BCUT2D eigenvalue weighted by molar-refractivity contribution is 0.433. The normalized spacial score (nSPS) is 10.5. The fraction of sp³-hybridized carbons (Fsp3) is 0. The quantitative estimate of drug-likeness (QED) is 0.678. The van der Waals surface area contributed by atoms with E-state index < -0.39 is 0 Å². The van der Waals surface area contributed by atoms with Gasteiger partial charge in [-0.15, -0.1) is 11.3 Å². The van der Waals surface area contributed by atoms with E-state index in [2.05, 4.69) is 15.1 Å². The van der Waals surface area contributed by atoms with E-state index in [4.69, 9.17) is 4.52 Å². The standard InChI is InChI=1S/C11H7N3OS/c1-2-10(16-5-1)11-8(6-14-15-11)9-7-12-3-4-13-9/h1-7H. The number of aromatic nitrogens is 3. The molecule has 3 rings (SSSR count). The lowest BCUT2D eigenvalue weighted by atomic mass is 10.2. The van der Waals surface area contributed by atoms with Gasteiger partial charge in [0.05, 0.1) is 28.5 Å². The maximum Gasteiger partial charge on any atom is 0.186 e. The zero-order chi connectivity index (χ0) is 10.8. The van der Waals surface area contributed by atoms with Gasteiger partial charge in [-0.25, -0.2) is 0 Å². The van der Waals surface area contributed by atoms with Crippen LogP contribution in [0.25, 0.3) is 21.9 Å². The molecule has 0 saturated carbocycles. The number of rotatable bonds is 2. The Morgan fingerprint density at radius 3 is 2.94 bits per heavy atom. The number of hydrogen-bond acceptors (Lipinski definition) is 5. The highest BCUT2D eigenvalue weighted by molar-refractivity contribution is 7.13. The molecule has 5 heteroatoms. The summed E-state index contributed by atoms with van der Waals surface area (Å²) in [4.78, 5) is 9.31. The van der Waals surface area contributed by atoms with Crippen molar-refractivity contribution in [3.8, 4) is 21.9 Å². The predicted octanol–water partition coefficient (Wildman–Crippen LogP) is 2.86. The summed E-state index contributed by atoms with van der Waals surface area (Å²) in [6, 6.07) is 3.97. The number of hydrogen-bond donors (Lipinski definition) is 0. The third kappa shape index (κ3) is 1.51. The third-order valence-corrected chi connectivity index (χ3v) is 3.02. The van der Waals surface area contributed by atoms with E-state index in [9.17, 15) is 0 Å². The lowest BCUT2D eigenvalue weighted by Crippen LogP contribution is -1.83. The molecule has 0 aliphatic heterocycles. The largest absolute Gasteiger partial charge is 0.355 e. The van der Waals surface area contributed by atoms with Gasteiger partial charge in [-0.05, 0) is 11.4 Å². The molecule has 3 aromatic rings. The van der Waals surface area contributed by atoms with E-state index in [1.54, 1.807) is 36.1 Å². The SMILES string of the molecule is c1csc(-c2oncc2-c2cnccn2)c1. The zero-order valence-corrected chi connectivity index (χ0v) is 9.02. The minimum atomic E-state index is 0.746. The van der Waals surface area contributed by atoms with Gasteiger partial charge in [0, 0.05) is 12.4 Å². The van der Waals surface area contributed by atoms with Gasteiger partial charge in [-0.1, -0.05) is 11.2 Å². The first-order chi connectivity index (χ1) is 7.95. The summed E-state index contributed by atoms with van der Waals surface area (Å²) in [5, 5.41) is 5.82. The first kappa shape index (κ1) is 9.23. The molecule has 0 radical (unpaired) electrons. The van der Waals surface area contributed by atoms with Crippen molar-refractivity contribution in [2.75, 3.05) is 0 Å². The minimum Gasteiger partial charge on any atom is -0.355 e. The fourth-order valence-corrected chi connectivity index (χ4v) is 2.16. The molecule has 0 fully saturated rings. The summed E-state index contributed by atoms with van der Waals surface area (Å²) in [6.07, 6.45) is 6.66. The monoisotopic (exact) mass is 229 g/mol. The van der Waals surface area contributed by atoms with E-state index in [1.807, 2.05) is 17.5 Å². The van der Waals surface area contributed by atoms with Gasteiger partial charge in [0.15, 0.2) is 5.76 Å². The predicted molar refractivity (Wildman–Crippen MR) is 60.8 cm³/mol. The van der Waals surface area contributed by atoms with Crippen molar-refractivity contribution >= 4 is 11.3 Å². The van der Waals surface area contributed by atoms with Crippen LogP contribution in [0.1, 0.15) is 0 Å². The maximum atomic E-state index is 5.26. The van der Waals surface area contributed by atoms with Crippen LogP contribution < -0.4 is 0 Å². The molecule has 4 nitrogen and oxygen atoms in total. The van der Waals surface area contributed by atoms with Gasteiger partial charge < -0.3 is 4.52 Å². The Labute approximate surface area is 95.6 Å². The van der Waals surface area contributed by atoms with E-state index in [0.717, 1.165) is 21.9 Å². The second-order valence-corrected chi connectivity index (χ2v) is 4.08. The van der Waals surface area contributed by atoms with Crippen LogP contribution >= 0.6 is 11.3 Å². The van der Waals surface area contributed by atoms with E-state index in [1.165, 1.54) is 0 Å². The highest BCUT2D eigenvalue weighted by Crippen LogP contribution is 2.32. The Morgan fingerprint density at radius 1 is 1.19 bits per heavy atom. The van der Waals surface area contributed by atoms with Crippen LogP contribution in [0.2, 0.25) is 0 Å². The van der Waals surface area contributed by atoms with Crippen molar-refractivity contribution in [2.24, 2.45) is 0 Å². The molecular weight excluding hydrogens is 222 g/mol. The van der Waals surface area contributed by atoms with Crippen molar-refractivity contribution in [3.63, 3.8) is 0 Å². The van der Waals surface area contributed by atoms with Crippen LogP contribution in [0.5, 0.6) is 0 Å². The molecule has 0 amide bonds. The Hall–Kier alpha value is -2.01. The smallest absolute Gasteiger partial charge is 0.186 e. The van der Waals surface area contributed by atoms with Gasteiger partial charge in [0.1, 0.15) is 0 Å². The van der Waals surface area contributed by atoms with Crippen LogP contribution in [0.4, 0.5) is 0 Å². The van der Waals surface area contributed by atoms with Crippen LogP contribution in [0.3, 0.4) is 0 Å². The fourth-order valence-electron chi connectivity index (χ4n) is 1.45. The Bertz CT molecular complexity index is 574. The van der Waals surface area contributed by atoms with Crippen molar-refractivity contribution in [3.05, 3.63) is 42.3 Å². The van der Waals surface area contributed by atoms with E-state index in [-0.39, 0.29) is 0 Å². The highest BCUT2D eigenvalue weighted by Gasteiger charge is 2.14. The van der Waals surface area contributed by atoms with E-state index >= 15 is 0 Å². The van der Waals surface area contributed by atoms with Gasteiger partial charge >= 0.3 is 0 Å². The molecule has 3 heterocycles. The molecule has 78 valence electrons. The first-order valence-electron chi connectivity index (χ1n) is 4.70. The zero-order valence-electron chi connectivity index (χ0n) is 8.20. The molecule has 16 heavy (non-hydrogen) atoms. The second kappa shape index (κ2) is 3.86. The van der Waals surface area contributed by atoms with Crippen molar-refractivity contribution < 1.29 is 4.52 Å². The highest BCUT2D eigenvalue weighted by atomic mass is 32.1. The molecule has 0 bridgehead atoms. The van der Waals surface area contributed by atoms with E-state index in [0.29, 0.717) is 0 Å². The number of thiophene rings is 1. The molecule has 0 aliphatic rings. The summed E-state index contributed by atoms with van der Waals surface area (Å²) in [5.74, 6) is 0.746. The Morgan fingerprint density at radius 2 is 2.19 bits per heavy atom. The molecule has 0 N–H and O–H groups in total. The first-order valence-corrected chi connectivity index (χ1v) is 5.58. The van der Waals surface area contributed by atoms with Crippen molar-refractivity contribution in [1.82, 2.24) is 15.1 Å². The molecule has 0 unspecified atom stereocenters. The molecule has 0 saturated heterocycles. The van der Waals surface area contributed by atoms with Gasteiger partial charge in [0.25, 0.3) is 0 Å². The molecule has 3 aromatic heterocycles. The molecule has 0 spiro atoms. The number of nitrogens with zero attached hydrogens (tertiary/aromatic N) is 3. The Kier molecular flexibility index (Phi) is 2.23. The van der Waals surface area contributed by atoms with Gasteiger partial charge in [0.2, 0.25) is 0 Å². The second-order valence-electron chi connectivity index (χ2n) is 3.14. The summed E-state index contributed by atoms with van der Waals surface area (Å²) in [7, 11) is 0. The van der Waals surface area contributed by atoms with Gasteiger partial charge in [-0.3, -0.25) is 9.97 Å². The van der Waals surface area contributed by atoms with Crippen molar-refractivity contribution in [1.29, 1.82) is 0 Å². The average Bonchev–Trinajstić information content (AvgIpc) is 3.01. The maximum absolute atomic E-state index is 5.26. The Balaban J connectivity index is 2.14. The van der Waals surface area contributed by atoms with Crippen LogP contribution in [-0.4, -0.2) is 15.1 Å². The van der Waals surface area contributed by atoms with Crippen LogP contribution in [0.15, 0.2) is 46.8 Å². The summed E-state index contributed by atoms with van der Waals surface area (Å²) in [6.45, 7) is 0. The van der Waals surface area contributed by atoms with Crippen LogP contribution in [-0.2, 0) is 0 Å². The van der Waals surface area contributed by atoms with Gasteiger partial charge in [-0.2, -0.15) is 0 Å². The van der Waals surface area contributed by atoms with Crippen molar-refractivity contribution in [2.45, 2.75) is 0 Å². The molecule has 0 aliphatic carbocycles. The summed E-state index contributed by atoms with van der Waals surface area (Å²) < 4.78 is 5.26. The average molecular weight is 229 g/mol. The molecular formula is C11H7N3OS. The molecule has 0 atom stereocenters. The van der Waals surface area contributed by atoms with Crippen LogP contribution in [0, 0.1) is 0 Å². The minimum absolute atomic E-state index is 0.746. The summed E-state index contributed by atoms with van der Waals surface area (Å²) in [5.41, 5.74) is 1.64. The topological polar surface area (TPSA) is 51.8 Å².